The molecule has 2 fully saturated rings. The molecule has 1 aromatic carbocycles. The lowest BCUT2D eigenvalue weighted by Crippen LogP contribution is -2.35. The van der Waals surface area contributed by atoms with Crippen molar-refractivity contribution in [1.29, 1.82) is 0 Å². The molecular formula is C18H23ClN4O2. The van der Waals surface area contributed by atoms with E-state index >= 15 is 0 Å². The minimum atomic E-state index is -0.397. The lowest BCUT2D eigenvalue weighted by atomic mass is 10.1. The Morgan fingerprint density at radius 1 is 1.28 bits per heavy atom. The molecule has 134 valence electrons. The number of nitrogens with zero attached hydrogens (tertiary/aromatic N) is 2. The average molecular weight is 363 g/mol. The Balaban J connectivity index is 0.00000182. The number of hydrogen-bond donors (Lipinski definition) is 3. The average Bonchev–Trinajstić information content (AvgIpc) is 3.23. The third kappa shape index (κ3) is 3.86. The van der Waals surface area contributed by atoms with Gasteiger partial charge in [0.1, 0.15) is 5.69 Å². The van der Waals surface area contributed by atoms with Gasteiger partial charge in [0.25, 0.3) is 5.91 Å². The second kappa shape index (κ2) is 7.56. The largest absolute Gasteiger partial charge is 0.391 e. The van der Waals surface area contributed by atoms with Crippen molar-refractivity contribution in [1.82, 2.24) is 20.4 Å². The molecule has 4 rings (SSSR count). The first-order chi connectivity index (χ1) is 11.7. The van der Waals surface area contributed by atoms with E-state index in [9.17, 15) is 9.90 Å². The number of rotatable bonds is 5. The van der Waals surface area contributed by atoms with Crippen LogP contribution in [-0.4, -0.2) is 46.5 Å². The molecule has 1 amide bonds. The maximum Gasteiger partial charge on any atom is 0.270 e. The van der Waals surface area contributed by atoms with Gasteiger partial charge in [-0.1, -0.05) is 18.2 Å². The van der Waals surface area contributed by atoms with Gasteiger partial charge in [0, 0.05) is 31.5 Å². The predicted octanol–water partition coefficient (Wildman–Crippen LogP) is 1.48. The lowest BCUT2D eigenvalue weighted by molar-refractivity contribution is 0.0919. The number of aliphatic hydroxyl groups excluding tert-OH is 1. The molecule has 1 aliphatic carbocycles. The van der Waals surface area contributed by atoms with Gasteiger partial charge in [0.15, 0.2) is 0 Å². The lowest BCUT2D eigenvalue weighted by Gasteiger charge is -2.14. The van der Waals surface area contributed by atoms with Gasteiger partial charge in [-0.25, -0.2) is 4.68 Å². The fourth-order valence-electron chi connectivity index (χ4n) is 3.15. The first-order valence-corrected chi connectivity index (χ1v) is 8.55. The highest BCUT2D eigenvalue weighted by Gasteiger charge is 2.30. The molecule has 0 spiro atoms. The van der Waals surface area contributed by atoms with Crippen molar-refractivity contribution in [2.45, 2.75) is 24.9 Å². The van der Waals surface area contributed by atoms with Crippen LogP contribution in [0.2, 0.25) is 0 Å². The number of aromatic nitrogens is 2. The predicted molar refractivity (Wildman–Crippen MR) is 97.5 cm³/mol. The Hall–Kier alpha value is -1.89. The molecule has 1 saturated carbocycles. The summed E-state index contributed by atoms with van der Waals surface area (Å²) in [6.45, 7) is 1.78. The molecule has 25 heavy (non-hydrogen) atoms. The van der Waals surface area contributed by atoms with E-state index in [4.69, 9.17) is 0 Å². The molecular weight excluding hydrogens is 340 g/mol. The molecule has 7 heteroatoms. The number of nitrogens with one attached hydrogen (secondary N) is 2. The van der Waals surface area contributed by atoms with E-state index in [1.54, 1.807) is 4.68 Å². The Morgan fingerprint density at radius 2 is 2.04 bits per heavy atom. The molecule has 2 atom stereocenters. The number of benzene rings is 1. The van der Waals surface area contributed by atoms with Crippen LogP contribution in [0.5, 0.6) is 0 Å². The zero-order valence-corrected chi connectivity index (χ0v) is 14.7. The topological polar surface area (TPSA) is 79.2 Å². The zero-order valence-electron chi connectivity index (χ0n) is 13.9. The third-order valence-electron chi connectivity index (χ3n) is 4.79. The summed E-state index contributed by atoms with van der Waals surface area (Å²) in [4.78, 5) is 12.7. The number of hydrogen-bond acceptors (Lipinski definition) is 4. The zero-order chi connectivity index (χ0) is 16.5. The molecule has 6 nitrogen and oxygen atoms in total. The number of aliphatic hydroxyl groups is 1. The van der Waals surface area contributed by atoms with Gasteiger partial charge in [0.05, 0.1) is 17.5 Å². The van der Waals surface area contributed by atoms with Gasteiger partial charge in [-0.05, 0) is 31.0 Å². The minimum absolute atomic E-state index is 0. The quantitative estimate of drug-likeness (QED) is 0.752. The fraction of sp³-hybridized carbons (Fsp3) is 0.444. The van der Waals surface area contributed by atoms with Crippen LogP contribution in [0.4, 0.5) is 0 Å². The Kier molecular flexibility index (Phi) is 5.42. The minimum Gasteiger partial charge on any atom is -0.391 e. The summed E-state index contributed by atoms with van der Waals surface area (Å²) in [6, 6.07) is 11.6. The smallest absolute Gasteiger partial charge is 0.270 e. The highest BCUT2D eigenvalue weighted by molar-refractivity contribution is 5.93. The van der Waals surface area contributed by atoms with Crippen molar-refractivity contribution in [3.8, 4) is 5.69 Å². The van der Waals surface area contributed by atoms with Crippen molar-refractivity contribution >= 4 is 18.3 Å². The molecule has 2 unspecified atom stereocenters. The van der Waals surface area contributed by atoms with Gasteiger partial charge in [-0.3, -0.25) is 4.79 Å². The van der Waals surface area contributed by atoms with Gasteiger partial charge >= 0.3 is 0 Å². The standard InChI is InChI=1S/C18H22N4O2.ClH/c23-17-11-19-9-13(17)10-20-18(24)16-8-15(12-6-7-12)21-22(16)14-4-2-1-3-5-14;/h1-5,8,12-13,17,19,23H,6-7,9-11H2,(H,20,24);1H. The van der Waals surface area contributed by atoms with E-state index in [0.29, 0.717) is 24.7 Å². The third-order valence-corrected chi connectivity index (χ3v) is 4.79. The molecule has 0 bridgehead atoms. The maximum absolute atomic E-state index is 12.7. The normalized spacial score (nSPS) is 22.4. The Morgan fingerprint density at radius 3 is 2.68 bits per heavy atom. The molecule has 0 radical (unpaired) electrons. The van der Waals surface area contributed by atoms with Crippen LogP contribution in [0.15, 0.2) is 36.4 Å². The molecule has 3 N–H and O–H groups in total. The summed E-state index contributed by atoms with van der Waals surface area (Å²) in [5.41, 5.74) is 2.44. The second-order valence-corrected chi connectivity index (χ2v) is 6.67. The first kappa shape index (κ1) is 17.9. The SMILES string of the molecule is Cl.O=C(NCC1CNCC1O)c1cc(C2CC2)nn1-c1ccccc1. The molecule has 1 aliphatic heterocycles. The molecule has 2 heterocycles. The van der Waals surface area contributed by atoms with E-state index in [1.165, 1.54) is 0 Å². The van der Waals surface area contributed by atoms with Crippen molar-refractivity contribution in [2.24, 2.45) is 5.92 Å². The number of para-hydroxylation sites is 1. The van der Waals surface area contributed by atoms with Crippen LogP contribution in [0.1, 0.15) is 34.9 Å². The van der Waals surface area contributed by atoms with Gasteiger partial charge in [0.2, 0.25) is 0 Å². The van der Waals surface area contributed by atoms with Crippen molar-refractivity contribution in [3.63, 3.8) is 0 Å². The Bertz CT molecular complexity index is 730. The monoisotopic (exact) mass is 362 g/mol. The van der Waals surface area contributed by atoms with E-state index in [1.807, 2.05) is 36.4 Å². The fourth-order valence-corrected chi connectivity index (χ4v) is 3.15. The summed E-state index contributed by atoms with van der Waals surface area (Å²) in [5, 5.41) is 20.6. The highest BCUT2D eigenvalue weighted by Crippen LogP contribution is 2.39. The van der Waals surface area contributed by atoms with Crippen molar-refractivity contribution in [3.05, 3.63) is 47.8 Å². The first-order valence-electron chi connectivity index (χ1n) is 8.55. The number of amides is 1. The van der Waals surface area contributed by atoms with Gasteiger partial charge in [-0.15, -0.1) is 12.4 Å². The van der Waals surface area contributed by atoms with E-state index in [0.717, 1.165) is 30.8 Å². The summed E-state index contributed by atoms with van der Waals surface area (Å²) in [7, 11) is 0. The number of carbonyl (C=O) groups is 1. The molecule has 2 aromatic rings. The maximum atomic E-state index is 12.7. The summed E-state index contributed by atoms with van der Waals surface area (Å²) in [6.07, 6.45) is 1.89. The molecule has 2 aliphatic rings. The van der Waals surface area contributed by atoms with Gasteiger partial charge < -0.3 is 15.7 Å². The van der Waals surface area contributed by atoms with E-state index < -0.39 is 6.10 Å². The number of β-amino-alcohol motifs (C(OH)–C–C–N with tert-alkyl or cyclic N) is 1. The summed E-state index contributed by atoms with van der Waals surface area (Å²) in [5.74, 6) is 0.407. The van der Waals surface area contributed by atoms with Crippen LogP contribution in [-0.2, 0) is 0 Å². The highest BCUT2D eigenvalue weighted by atomic mass is 35.5. The van der Waals surface area contributed by atoms with Crippen molar-refractivity contribution in [2.75, 3.05) is 19.6 Å². The van der Waals surface area contributed by atoms with Crippen LogP contribution in [0.25, 0.3) is 5.69 Å². The number of carbonyl (C=O) groups excluding carboxylic acids is 1. The Labute approximate surface area is 153 Å². The summed E-state index contributed by atoms with van der Waals surface area (Å²) >= 11 is 0. The molecule has 1 saturated heterocycles. The summed E-state index contributed by atoms with van der Waals surface area (Å²) < 4.78 is 1.73. The van der Waals surface area contributed by atoms with E-state index in [2.05, 4.69) is 15.7 Å². The van der Waals surface area contributed by atoms with Crippen LogP contribution in [0, 0.1) is 5.92 Å². The van der Waals surface area contributed by atoms with Gasteiger partial charge in [-0.2, -0.15) is 5.10 Å². The van der Waals surface area contributed by atoms with Crippen LogP contribution in [0.3, 0.4) is 0 Å². The van der Waals surface area contributed by atoms with Crippen molar-refractivity contribution < 1.29 is 9.90 Å². The molecule has 1 aromatic heterocycles. The second-order valence-electron chi connectivity index (χ2n) is 6.67. The number of halogens is 1. The van der Waals surface area contributed by atoms with E-state index in [-0.39, 0.29) is 24.2 Å². The van der Waals surface area contributed by atoms with Crippen LogP contribution >= 0.6 is 12.4 Å². The van der Waals surface area contributed by atoms with Crippen LogP contribution < -0.4 is 10.6 Å².